The van der Waals surface area contributed by atoms with E-state index in [1.807, 2.05) is 37.3 Å². The molecule has 1 aromatic heterocycles. The first-order chi connectivity index (χ1) is 10.9. The second-order valence-electron chi connectivity index (χ2n) is 6.30. The summed E-state index contributed by atoms with van der Waals surface area (Å²) in [6.07, 6.45) is 0.651. The van der Waals surface area contributed by atoms with Crippen LogP contribution < -0.4 is 10.8 Å². The van der Waals surface area contributed by atoms with Crippen molar-refractivity contribution in [1.82, 2.24) is 10.2 Å². The smallest absolute Gasteiger partial charge is 0.235 e. The zero-order valence-electron chi connectivity index (χ0n) is 13.6. The van der Waals surface area contributed by atoms with Crippen LogP contribution >= 0.6 is 11.3 Å². The third-order valence-corrected chi connectivity index (χ3v) is 5.85. The molecule has 0 radical (unpaired) electrons. The van der Waals surface area contributed by atoms with E-state index in [2.05, 4.69) is 24.6 Å². The first-order valence-corrected chi connectivity index (χ1v) is 8.53. The topological polar surface area (TPSA) is 56.2 Å². The molecule has 0 saturated carbocycles. The van der Waals surface area contributed by atoms with Gasteiger partial charge in [0.1, 0.15) is 7.85 Å². The van der Waals surface area contributed by atoms with Crippen molar-refractivity contribution in [3.05, 3.63) is 52.2 Å². The molecule has 1 aliphatic rings. The maximum Gasteiger partial charge on any atom is 0.235 e. The molecule has 6 heteroatoms. The van der Waals surface area contributed by atoms with E-state index in [4.69, 9.17) is 5.41 Å². The Morgan fingerprint density at radius 3 is 2.70 bits per heavy atom. The summed E-state index contributed by atoms with van der Waals surface area (Å²) in [6, 6.07) is 12.2. The van der Waals surface area contributed by atoms with Gasteiger partial charge < -0.3 is 5.32 Å². The van der Waals surface area contributed by atoms with Gasteiger partial charge in [-0.15, -0.1) is 11.3 Å². The van der Waals surface area contributed by atoms with Crippen molar-refractivity contribution in [2.75, 3.05) is 7.05 Å². The number of nitrogens with one attached hydrogen (secondary N) is 2. The Bertz CT molecular complexity index is 745. The maximum absolute atomic E-state index is 12.9. The van der Waals surface area contributed by atoms with Crippen LogP contribution in [0, 0.1) is 11.3 Å². The first-order valence-electron chi connectivity index (χ1n) is 7.65. The fourth-order valence-corrected chi connectivity index (χ4v) is 4.16. The standard InChI is InChI=1S/C17H20BN3OS/c1-17(14-9-12(18)10-23-14)13(8-11-6-4-3-5-7-11)15(22)21(2)16(19)20-17/h3-7,9-10,13H,8,18H2,1-2H3,(H2,19,20)/t13-,17+/m1/s1. The highest BCUT2D eigenvalue weighted by atomic mass is 32.1. The lowest BCUT2D eigenvalue weighted by atomic mass is 9.77. The lowest BCUT2D eigenvalue weighted by Gasteiger charge is -2.45. The minimum absolute atomic E-state index is 0.00819. The van der Waals surface area contributed by atoms with E-state index in [0.29, 0.717) is 6.42 Å². The summed E-state index contributed by atoms with van der Waals surface area (Å²) < 4.78 is 0. The minimum Gasteiger partial charge on any atom is -0.345 e. The summed E-state index contributed by atoms with van der Waals surface area (Å²) in [5, 5.41) is 13.5. The summed E-state index contributed by atoms with van der Waals surface area (Å²) in [6.45, 7) is 2.03. The van der Waals surface area contributed by atoms with Gasteiger partial charge in [0.25, 0.3) is 0 Å². The number of guanidine groups is 1. The van der Waals surface area contributed by atoms with Gasteiger partial charge in [0.15, 0.2) is 5.96 Å². The molecule has 1 fully saturated rings. The number of benzene rings is 1. The van der Waals surface area contributed by atoms with Gasteiger partial charge in [-0.2, -0.15) is 0 Å². The molecule has 2 N–H and O–H groups in total. The lowest BCUT2D eigenvalue weighted by Crippen LogP contribution is -2.64. The predicted molar refractivity (Wildman–Crippen MR) is 97.1 cm³/mol. The molecule has 1 aliphatic heterocycles. The van der Waals surface area contributed by atoms with E-state index in [0.717, 1.165) is 10.4 Å². The third-order valence-electron chi connectivity index (χ3n) is 4.56. The molecule has 0 unspecified atom stereocenters. The average molecular weight is 325 g/mol. The van der Waals surface area contributed by atoms with E-state index in [-0.39, 0.29) is 17.8 Å². The average Bonchev–Trinajstić information content (AvgIpc) is 2.98. The monoisotopic (exact) mass is 325 g/mol. The van der Waals surface area contributed by atoms with E-state index >= 15 is 0 Å². The molecule has 1 aromatic carbocycles. The molecular weight excluding hydrogens is 305 g/mol. The molecule has 0 bridgehead atoms. The molecule has 1 amide bonds. The number of amides is 1. The maximum atomic E-state index is 12.9. The minimum atomic E-state index is -0.560. The Morgan fingerprint density at radius 1 is 1.39 bits per heavy atom. The molecule has 0 aliphatic carbocycles. The van der Waals surface area contributed by atoms with Crippen molar-refractivity contribution in [1.29, 1.82) is 5.41 Å². The Hall–Kier alpha value is -2.08. The molecule has 3 rings (SSSR count). The number of carbonyl (C=O) groups excluding carboxylic acids is 1. The quantitative estimate of drug-likeness (QED) is 0.830. The Kier molecular flexibility index (Phi) is 4.02. The van der Waals surface area contributed by atoms with Crippen LogP contribution in [0.3, 0.4) is 0 Å². The second kappa shape index (κ2) is 5.85. The number of rotatable bonds is 3. The molecule has 118 valence electrons. The van der Waals surface area contributed by atoms with Gasteiger partial charge in [-0.1, -0.05) is 41.9 Å². The van der Waals surface area contributed by atoms with E-state index in [9.17, 15) is 4.79 Å². The first kappa shape index (κ1) is 15.8. The third kappa shape index (κ3) is 2.79. The summed E-state index contributed by atoms with van der Waals surface area (Å²) in [7, 11) is 3.71. The largest absolute Gasteiger partial charge is 0.345 e. The number of hydrogen-bond acceptors (Lipinski definition) is 3. The van der Waals surface area contributed by atoms with E-state index < -0.39 is 5.54 Å². The summed E-state index contributed by atoms with van der Waals surface area (Å²) >= 11 is 1.64. The van der Waals surface area contributed by atoms with Crippen LogP contribution in [0.2, 0.25) is 0 Å². The van der Waals surface area contributed by atoms with Crippen LogP contribution in [0.1, 0.15) is 17.4 Å². The van der Waals surface area contributed by atoms with Crippen LogP contribution in [-0.4, -0.2) is 31.7 Å². The van der Waals surface area contributed by atoms with Gasteiger partial charge >= 0.3 is 0 Å². The normalized spacial score (nSPS) is 24.6. The molecule has 0 spiro atoms. The molecule has 23 heavy (non-hydrogen) atoms. The van der Waals surface area contributed by atoms with Gasteiger partial charge in [0.2, 0.25) is 5.91 Å². The van der Waals surface area contributed by atoms with Crippen LogP contribution in [0.15, 0.2) is 41.8 Å². The molecule has 2 heterocycles. The van der Waals surface area contributed by atoms with E-state index in [1.54, 1.807) is 18.4 Å². The van der Waals surface area contributed by atoms with Crippen molar-refractivity contribution in [2.45, 2.75) is 18.9 Å². The SMILES string of the molecule is Bc1csc([C@@]2(C)NC(=N)N(C)C(=O)[C@H]2Cc2ccccc2)c1. The van der Waals surface area contributed by atoms with Gasteiger partial charge in [-0.25, -0.2) is 0 Å². The van der Waals surface area contributed by atoms with Crippen molar-refractivity contribution < 1.29 is 4.79 Å². The second-order valence-corrected chi connectivity index (χ2v) is 7.22. The number of nitrogens with zero attached hydrogens (tertiary/aromatic N) is 1. The van der Waals surface area contributed by atoms with Crippen LogP contribution in [0.5, 0.6) is 0 Å². The molecule has 4 nitrogen and oxygen atoms in total. The molecule has 2 atom stereocenters. The number of thiophene rings is 1. The Labute approximate surface area is 141 Å². The highest BCUT2D eigenvalue weighted by molar-refractivity contribution is 7.11. The zero-order valence-corrected chi connectivity index (χ0v) is 14.4. The zero-order chi connectivity index (χ0) is 16.6. The summed E-state index contributed by atoms with van der Waals surface area (Å²) in [5.41, 5.74) is 1.76. The van der Waals surface area contributed by atoms with Gasteiger partial charge in [0.05, 0.1) is 11.5 Å². The van der Waals surface area contributed by atoms with Gasteiger partial charge in [-0.05, 0) is 24.3 Å². The predicted octanol–water partition coefficient (Wildman–Crippen LogP) is 1.08. The van der Waals surface area contributed by atoms with Crippen molar-refractivity contribution in [3.8, 4) is 0 Å². The van der Waals surface area contributed by atoms with Crippen LogP contribution in [-0.2, 0) is 16.8 Å². The summed E-state index contributed by atoms with van der Waals surface area (Å²) in [4.78, 5) is 15.4. The summed E-state index contributed by atoms with van der Waals surface area (Å²) in [5.74, 6) is -0.0962. The van der Waals surface area contributed by atoms with Gasteiger partial charge in [-0.3, -0.25) is 15.1 Å². The van der Waals surface area contributed by atoms with Crippen LogP contribution in [0.25, 0.3) is 0 Å². The van der Waals surface area contributed by atoms with E-state index in [1.165, 1.54) is 10.4 Å². The lowest BCUT2D eigenvalue weighted by molar-refractivity contribution is -0.135. The number of hydrogen-bond donors (Lipinski definition) is 2. The fraction of sp³-hybridized carbons (Fsp3) is 0.294. The van der Waals surface area contributed by atoms with Crippen LogP contribution in [0.4, 0.5) is 0 Å². The molecular formula is C17H20BN3OS. The van der Waals surface area contributed by atoms with Crippen molar-refractivity contribution >= 4 is 36.5 Å². The van der Waals surface area contributed by atoms with Crippen molar-refractivity contribution in [2.24, 2.45) is 5.92 Å². The van der Waals surface area contributed by atoms with Crippen molar-refractivity contribution in [3.63, 3.8) is 0 Å². The number of carbonyl (C=O) groups is 1. The highest BCUT2D eigenvalue weighted by Gasteiger charge is 2.47. The Balaban J connectivity index is 2.02. The fourth-order valence-electron chi connectivity index (χ4n) is 3.09. The molecule has 2 aromatic rings. The molecule has 1 saturated heterocycles. The Morgan fingerprint density at radius 2 is 2.09 bits per heavy atom. The highest BCUT2D eigenvalue weighted by Crippen LogP contribution is 2.37. The van der Waals surface area contributed by atoms with Gasteiger partial charge in [0, 0.05) is 11.9 Å².